The van der Waals surface area contributed by atoms with E-state index in [-0.39, 0.29) is 0 Å². The number of aromatic nitrogens is 1. The topological polar surface area (TPSA) is 52.0 Å². The fourth-order valence-corrected chi connectivity index (χ4v) is 1.18. The quantitative estimate of drug-likeness (QED) is 0.640. The highest BCUT2D eigenvalue weighted by atomic mass is 16.4. The minimum absolute atomic E-state index is 0.293. The van der Waals surface area contributed by atoms with E-state index < -0.39 is 0 Å². The van der Waals surface area contributed by atoms with Crippen molar-refractivity contribution in [3.63, 3.8) is 0 Å². The van der Waals surface area contributed by atoms with Gasteiger partial charge in [0.05, 0.1) is 6.20 Å². The molecule has 0 unspecified atom stereocenters. The number of nitrogens with zero attached hydrogens (tertiary/aromatic N) is 1. The smallest absolute Gasteiger partial charge is 0.292 e. The van der Waals surface area contributed by atoms with E-state index in [1.165, 1.54) is 19.3 Å². The lowest BCUT2D eigenvalue weighted by Gasteiger charge is -2.21. The molecule has 0 bridgehead atoms. The summed E-state index contributed by atoms with van der Waals surface area (Å²) in [5, 5.41) is 0. The molecule has 10 heavy (non-hydrogen) atoms. The molecule has 1 aromatic heterocycles. The summed E-state index contributed by atoms with van der Waals surface area (Å²) in [6, 6.07) is 0.293. The van der Waals surface area contributed by atoms with Crippen molar-refractivity contribution < 1.29 is 4.42 Å². The first-order valence-corrected chi connectivity index (χ1v) is 3.57. The molecule has 1 saturated carbocycles. The third kappa shape index (κ3) is 0.781. The van der Waals surface area contributed by atoms with Crippen LogP contribution in [0.4, 0.5) is 6.01 Å². The Bertz CT molecular complexity index is 227. The van der Waals surface area contributed by atoms with Crippen molar-refractivity contribution in [3.8, 4) is 0 Å². The molecule has 0 aliphatic heterocycles. The molecule has 54 valence electrons. The Morgan fingerprint density at radius 3 is 2.80 bits per heavy atom. The molecule has 0 spiro atoms. The van der Waals surface area contributed by atoms with Gasteiger partial charge in [0.25, 0.3) is 6.01 Å². The van der Waals surface area contributed by atoms with Gasteiger partial charge in [0, 0.05) is 5.92 Å². The lowest BCUT2D eigenvalue weighted by molar-refractivity contribution is 0.351. The summed E-state index contributed by atoms with van der Waals surface area (Å²) in [5.41, 5.74) is 5.32. The van der Waals surface area contributed by atoms with Gasteiger partial charge in [-0.05, 0) is 12.8 Å². The number of rotatable bonds is 1. The number of oxazole rings is 1. The molecule has 0 radical (unpaired) electrons. The summed E-state index contributed by atoms with van der Waals surface area (Å²) >= 11 is 0. The van der Waals surface area contributed by atoms with Crippen LogP contribution in [0.25, 0.3) is 0 Å². The molecule has 0 aromatic carbocycles. The first kappa shape index (κ1) is 5.77. The third-order valence-electron chi connectivity index (χ3n) is 2.05. The second kappa shape index (κ2) is 2.01. The van der Waals surface area contributed by atoms with Crippen molar-refractivity contribution in [1.82, 2.24) is 4.98 Å². The summed E-state index contributed by atoms with van der Waals surface area (Å²) in [7, 11) is 0. The van der Waals surface area contributed by atoms with Gasteiger partial charge in [0.15, 0.2) is 0 Å². The van der Waals surface area contributed by atoms with Gasteiger partial charge in [-0.25, -0.2) is 4.98 Å². The summed E-state index contributed by atoms with van der Waals surface area (Å²) < 4.78 is 5.15. The molecule has 0 atom stereocenters. The molecule has 0 saturated heterocycles. The number of nitrogen functional groups attached to an aromatic ring is 1. The van der Waals surface area contributed by atoms with Crippen molar-refractivity contribution in [2.45, 2.75) is 25.2 Å². The van der Waals surface area contributed by atoms with Crippen molar-refractivity contribution >= 4 is 6.01 Å². The standard InChI is InChI=1S/C7H10N2O/c8-7-9-4-6(10-7)5-2-1-3-5/h4-5H,1-3H2,(H2,8,9). The maximum atomic E-state index is 5.32. The van der Waals surface area contributed by atoms with Crippen LogP contribution >= 0.6 is 0 Å². The molecule has 3 heteroatoms. The van der Waals surface area contributed by atoms with Crippen LogP contribution in [0.15, 0.2) is 10.6 Å². The summed E-state index contributed by atoms with van der Waals surface area (Å²) in [5.74, 6) is 1.56. The van der Waals surface area contributed by atoms with E-state index in [4.69, 9.17) is 10.2 Å². The van der Waals surface area contributed by atoms with E-state index >= 15 is 0 Å². The minimum Gasteiger partial charge on any atom is -0.429 e. The van der Waals surface area contributed by atoms with Crippen LogP contribution in [0.1, 0.15) is 30.9 Å². The van der Waals surface area contributed by atoms with Gasteiger partial charge in [-0.3, -0.25) is 0 Å². The van der Waals surface area contributed by atoms with Crippen molar-refractivity contribution in [1.29, 1.82) is 0 Å². The molecule has 2 N–H and O–H groups in total. The van der Waals surface area contributed by atoms with Gasteiger partial charge in [-0.15, -0.1) is 0 Å². The Labute approximate surface area is 59.2 Å². The maximum absolute atomic E-state index is 5.32. The van der Waals surface area contributed by atoms with Crippen LogP contribution < -0.4 is 5.73 Å². The van der Waals surface area contributed by atoms with Crippen LogP contribution in [0.5, 0.6) is 0 Å². The van der Waals surface area contributed by atoms with Crippen molar-refractivity contribution in [2.75, 3.05) is 5.73 Å². The lowest BCUT2D eigenvalue weighted by atomic mass is 9.84. The molecule has 0 amide bonds. The van der Waals surface area contributed by atoms with Gasteiger partial charge < -0.3 is 10.2 Å². The second-order valence-corrected chi connectivity index (χ2v) is 2.73. The largest absolute Gasteiger partial charge is 0.429 e. The number of nitrogens with two attached hydrogens (primary N) is 1. The molecule has 1 aliphatic rings. The second-order valence-electron chi connectivity index (χ2n) is 2.73. The molecular weight excluding hydrogens is 128 g/mol. The number of hydrogen-bond acceptors (Lipinski definition) is 3. The van der Waals surface area contributed by atoms with Crippen LogP contribution in [-0.2, 0) is 0 Å². The zero-order valence-electron chi connectivity index (χ0n) is 5.71. The summed E-state index contributed by atoms with van der Waals surface area (Å²) in [6.07, 6.45) is 5.51. The average molecular weight is 138 g/mol. The zero-order valence-corrected chi connectivity index (χ0v) is 5.71. The Kier molecular flexibility index (Phi) is 1.16. The molecular formula is C7H10N2O. The first-order chi connectivity index (χ1) is 4.86. The van der Waals surface area contributed by atoms with Crippen molar-refractivity contribution in [2.24, 2.45) is 0 Å². The van der Waals surface area contributed by atoms with Crippen molar-refractivity contribution in [3.05, 3.63) is 12.0 Å². The van der Waals surface area contributed by atoms with E-state index in [2.05, 4.69) is 4.98 Å². The monoisotopic (exact) mass is 138 g/mol. The Morgan fingerprint density at radius 1 is 1.60 bits per heavy atom. The highest BCUT2D eigenvalue weighted by Gasteiger charge is 2.22. The van der Waals surface area contributed by atoms with Gasteiger partial charge >= 0.3 is 0 Å². The lowest BCUT2D eigenvalue weighted by Crippen LogP contribution is -2.07. The van der Waals surface area contributed by atoms with E-state index in [0.717, 1.165) is 5.76 Å². The highest BCUT2D eigenvalue weighted by molar-refractivity contribution is 5.14. The number of hydrogen-bond donors (Lipinski definition) is 1. The predicted octanol–water partition coefficient (Wildman–Crippen LogP) is 1.52. The van der Waals surface area contributed by atoms with E-state index in [9.17, 15) is 0 Å². The Hall–Kier alpha value is -0.990. The van der Waals surface area contributed by atoms with E-state index in [0.29, 0.717) is 11.9 Å². The van der Waals surface area contributed by atoms with E-state index in [1.54, 1.807) is 6.20 Å². The summed E-state index contributed by atoms with van der Waals surface area (Å²) in [6.45, 7) is 0. The minimum atomic E-state index is 0.293. The molecule has 3 nitrogen and oxygen atoms in total. The number of anilines is 1. The fourth-order valence-electron chi connectivity index (χ4n) is 1.18. The molecule has 2 rings (SSSR count). The zero-order chi connectivity index (χ0) is 6.97. The first-order valence-electron chi connectivity index (χ1n) is 3.57. The Balaban J connectivity index is 2.17. The van der Waals surface area contributed by atoms with E-state index in [1.807, 2.05) is 0 Å². The maximum Gasteiger partial charge on any atom is 0.292 e. The van der Waals surface area contributed by atoms with Crippen LogP contribution in [0.3, 0.4) is 0 Å². The SMILES string of the molecule is Nc1ncc(C2CCC2)o1. The van der Waals surface area contributed by atoms with Gasteiger partial charge in [-0.2, -0.15) is 0 Å². The summed E-state index contributed by atoms with van der Waals surface area (Å²) in [4.78, 5) is 3.83. The van der Waals surface area contributed by atoms with Crippen LogP contribution in [-0.4, -0.2) is 4.98 Å². The molecule has 1 aromatic rings. The van der Waals surface area contributed by atoms with Crippen LogP contribution in [0, 0.1) is 0 Å². The highest BCUT2D eigenvalue weighted by Crippen LogP contribution is 2.36. The third-order valence-corrected chi connectivity index (χ3v) is 2.05. The predicted molar refractivity (Wildman–Crippen MR) is 37.5 cm³/mol. The van der Waals surface area contributed by atoms with Gasteiger partial charge in [0.1, 0.15) is 5.76 Å². The van der Waals surface area contributed by atoms with Gasteiger partial charge in [0.2, 0.25) is 0 Å². The molecule has 1 aliphatic carbocycles. The average Bonchev–Trinajstić information content (AvgIpc) is 2.10. The molecule has 1 fully saturated rings. The Morgan fingerprint density at radius 2 is 2.40 bits per heavy atom. The molecule has 1 heterocycles. The normalized spacial score (nSPS) is 18.8. The fraction of sp³-hybridized carbons (Fsp3) is 0.571. The van der Waals surface area contributed by atoms with Gasteiger partial charge in [-0.1, -0.05) is 6.42 Å². The van der Waals surface area contributed by atoms with Crippen LogP contribution in [0.2, 0.25) is 0 Å².